The zero-order chi connectivity index (χ0) is 8.97. The van der Waals surface area contributed by atoms with Crippen LogP contribution in [-0.4, -0.2) is 50.7 Å². The third-order valence-electron chi connectivity index (χ3n) is 2.10. The van der Waals surface area contributed by atoms with Crippen molar-refractivity contribution >= 4 is 5.97 Å². The average Bonchev–Trinajstić information content (AvgIpc) is 2.04. The van der Waals surface area contributed by atoms with Gasteiger partial charge in [-0.2, -0.15) is 0 Å². The van der Waals surface area contributed by atoms with Gasteiger partial charge in [-0.1, -0.05) is 0 Å². The summed E-state index contributed by atoms with van der Waals surface area (Å²) in [6.07, 6.45) is 0.473. The highest BCUT2D eigenvalue weighted by Crippen LogP contribution is 2.00. The van der Waals surface area contributed by atoms with Crippen LogP contribution >= 0.6 is 0 Å². The van der Waals surface area contributed by atoms with Crippen LogP contribution in [0.4, 0.5) is 0 Å². The Morgan fingerprint density at radius 3 is 3.08 bits per heavy atom. The number of ether oxygens (including phenoxy) is 1. The molecule has 0 bridgehead atoms. The predicted octanol–water partition coefficient (Wildman–Crippen LogP) is -0.547. The van der Waals surface area contributed by atoms with E-state index in [4.69, 9.17) is 0 Å². The molecule has 1 aliphatic rings. The van der Waals surface area contributed by atoms with E-state index in [1.54, 1.807) is 0 Å². The Bertz CT molecular complexity index is 161. The van der Waals surface area contributed by atoms with Crippen molar-refractivity contribution in [2.45, 2.75) is 12.5 Å². The number of esters is 1. The van der Waals surface area contributed by atoms with Crippen LogP contribution in [-0.2, 0) is 9.53 Å². The fourth-order valence-corrected chi connectivity index (χ4v) is 1.41. The summed E-state index contributed by atoms with van der Waals surface area (Å²) in [6.45, 7) is 2.94. The largest absolute Gasteiger partial charge is 0.469 e. The molecule has 4 nitrogen and oxygen atoms in total. The predicted molar refractivity (Wildman–Crippen MR) is 45.9 cm³/mol. The van der Waals surface area contributed by atoms with E-state index in [-0.39, 0.29) is 12.0 Å². The molecule has 12 heavy (non-hydrogen) atoms. The molecule has 70 valence electrons. The zero-order valence-corrected chi connectivity index (χ0v) is 7.67. The molecule has 1 saturated heterocycles. The summed E-state index contributed by atoms with van der Waals surface area (Å²) in [4.78, 5) is 13.1. The zero-order valence-electron chi connectivity index (χ0n) is 7.67. The molecular weight excluding hydrogens is 156 g/mol. The molecule has 1 rings (SSSR count). The maximum absolute atomic E-state index is 10.9. The molecule has 0 spiro atoms. The summed E-state index contributed by atoms with van der Waals surface area (Å²) in [7, 11) is 3.49. The summed E-state index contributed by atoms with van der Waals surface area (Å²) >= 11 is 0. The summed E-state index contributed by atoms with van der Waals surface area (Å²) in [5.41, 5.74) is 0. The fourth-order valence-electron chi connectivity index (χ4n) is 1.41. The van der Waals surface area contributed by atoms with E-state index < -0.39 is 0 Å². The lowest BCUT2D eigenvalue weighted by Gasteiger charge is -2.30. The van der Waals surface area contributed by atoms with Crippen LogP contribution < -0.4 is 5.32 Å². The number of nitrogens with zero attached hydrogens (tertiary/aromatic N) is 1. The number of likely N-dealkylation sites (N-methyl/N-ethyl adjacent to an activating group) is 1. The van der Waals surface area contributed by atoms with Gasteiger partial charge in [-0.3, -0.25) is 4.79 Å². The molecule has 1 atom stereocenters. The molecule has 1 fully saturated rings. The van der Waals surface area contributed by atoms with Gasteiger partial charge in [0, 0.05) is 25.7 Å². The van der Waals surface area contributed by atoms with Gasteiger partial charge in [-0.15, -0.1) is 0 Å². The number of carbonyl (C=O) groups excluding carboxylic acids is 1. The van der Waals surface area contributed by atoms with Crippen molar-refractivity contribution in [3.05, 3.63) is 0 Å². The first-order valence-electron chi connectivity index (χ1n) is 4.21. The Balaban J connectivity index is 2.27. The van der Waals surface area contributed by atoms with Gasteiger partial charge in [-0.25, -0.2) is 0 Å². The van der Waals surface area contributed by atoms with Gasteiger partial charge in [-0.05, 0) is 7.05 Å². The number of hydrogen-bond donors (Lipinski definition) is 1. The minimum atomic E-state index is -0.136. The van der Waals surface area contributed by atoms with Crippen molar-refractivity contribution in [2.24, 2.45) is 0 Å². The van der Waals surface area contributed by atoms with E-state index in [9.17, 15) is 4.79 Å². The Kier molecular flexibility index (Phi) is 3.49. The number of piperazine rings is 1. The third-order valence-corrected chi connectivity index (χ3v) is 2.10. The monoisotopic (exact) mass is 172 g/mol. The second-order valence-electron chi connectivity index (χ2n) is 3.19. The summed E-state index contributed by atoms with van der Waals surface area (Å²) in [5.74, 6) is -0.136. The molecule has 1 heterocycles. The maximum Gasteiger partial charge on any atom is 0.307 e. The van der Waals surface area contributed by atoms with Gasteiger partial charge in [0.15, 0.2) is 0 Å². The molecule has 0 aromatic carbocycles. The van der Waals surface area contributed by atoms with Crippen molar-refractivity contribution in [1.29, 1.82) is 0 Å². The quantitative estimate of drug-likeness (QED) is 0.568. The van der Waals surface area contributed by atoms with Crippen molar-refractivity contribution in [3.63, 3.8) is 0 Å². The fraction of sp³-hybridized carbons (Fsp3) is 0.875. The van der Waals surface area contributed by atoms with Crippen molar-refractivity contribution in [2.75, 3.05) is 33.8 Å². The van der Waals surface area contributed by atoms with E-state index in [1.165, 1.54) is 7.11 Å². The SMILES string of the molecule is COC(=O)CC1CN(C)CCN1. The van der Waals surface area contributed by atoms with Gasteiger partial charge < -0.3 is 15.0 Å². The average molecular weight is 172 g/mol. The lowest BCUT2D eigenvalue weighted by molar-refractivity contribution is -0.141. The Morgan fingerprint density at radius 2 is 2.50 bits per heavy atom. The lowest BCUT2D eigenvalue weighted by Crippen LogP contribution is -2.49. The van der Waals surface area contributed by atoms with Gasteiger partial charge in [0.1, 0.15) is 0 Å². The second-order valence-corrected chi connectivity index (χ2v) is 3.19. The van der Waals surface area contributed by atoms with Gasteiger partial charge in [0.25, 0.3) is 0 Å². The van der Waals surface area contributed by atoms with Gasteiger partial charge >= 0.3 is 5.97 Å². The first-order valence-corrected chi connectivity index (χ1v) is 4.21. The van der Waals surface area contributed by atoms with Crippen LogP contribution in [0.15, 0.2) is 0 Å². The van der Waals surface area contributed by atoms with E-state index >= 15 is 0 Å². The molecule has 1 N–H and O–H groups in total. The molecule has 0 amide bonds. The number of methoxy groups -OCH3 is 1. The Morgan fingerprint density at radius 1 is 1.75 bits per heavy atom. The molecule has 0 aromatic heterocycles. The van der Waals surface area contributed by atoms with Crippen LogP contribution in [0.2, 0.25) is 0 Å². The minimum absolute atomic E-state index is 0.136. The maximum atomic E-state index is 10.9. The topological polar surface area (TPSA) is 41.6 Å². The number of nitrogens with one attached hydrogen (secondary N) is 1. The Labute approximate surface area is 72.9 Å². The van der Waals surface area contributed by atoms with Gasteiger partial charge in [0.2, 0.25) is 0 Å². The first kappa shape index (κ1) is 9.48. The lowest BCUT2D eigenvalue weighted by atomic mass is 10.1. The highest BCUT2D eigenvalue weighted by Gasteiger charge is 2.19. The van der Waals surface area contributed by atoms with Crippen molar-refractivity contribution in [1.82, 2.24) is 10.2 Å². The van der Waals surface area contributed by atoms with Crippen LogP contribution in [0, 0.1) is 0 Å². The van der Waals surface area contributed by atoms with Crippen LogP contribution in [0.25, 0.3) is 0 Å². The molecular formula is C8H16N2O2. The molecule has 1 unspecified atom stereocenters. The van der Waals surface area contributed by atoms with E-state index in [0.29, 0.717) is 6.42 Å². The summed E-state index contributed by atoms with van der Waals surface area (Å²) in [5, 5.41) is 3.27. The van der Waals surface area contributed by atoms with Crippen LogP contribution in [0.3, 0.4) is 0 Å². The number of rotatable bonds is 2. The van der Waals surface area contributed by atoms with Gasteiger partial charge in [0.05, 0.1) is 13.5 Å². The minimum Gasteiger partial charge on any atom is -0.469 e. The highest BCUT2D eigenvalue weighted by atomic mass is 16.5. The highest BCUT2D eigenvalue weighted by molar-refractivity contribution is 5.69. The standard InChI is InChI=1S/C8H16N2O2/c1-10-4-3-9-7(6-10)5-8(11)12-2/h7,9H,3-6H2,1-2H3. The molecule has 1 aliphatic heterocycles. The summed E-state index contributed by atoms with van der Waals surface area (Å²) < 4.78 is 4.59. The molecule has 0 saturated carbocycles. The first-order chi connectivity index (χ1) is 5.72. The number of hydrogen-bond acceptors (Lipinski definition) is 4. The molecule has 4 heteroatoms. The number of carbonyl (C=O) groups is 1. The van der Waals surface area contributed by atoms with Crippen LogP contribution in [0.1, 0.15) is 6.42 Å². The normalized spacial score (nSPS) is 25.3. The second kappa shape index (κ2) is 4.42. The molecule has 0 aromatic rings. The molecule has 0 aliphatic carbocycles. The molecule has 0 radical (unpaired) electrons. The smallest absolute Gasteiger partial charge is 0.307 e. The van der Waals surface area contributed by atoms with Crippen LogP contribution in [0.5, 0.6) is 0 Å². The third kappa shape index (κ3) is 2.79. The summed E-state index contributed by atoms with van der Waals surface area (Å²) in [6, 6.07) is 0.260. The Hall–Kier alpha value is -0.610. The van der Waals surface area contributed by atoms with Crippen molar-refractivity contribution in [3.8, 4) is 0 Å². The van der Waals surface area contributed by atoms with E-state index in [0.717, 1.165) is 19.6 Å². The van der Waals surface area contributed by atoms with E-state index in [1.807, 2.05) is 0 Å². The van der Waals surface area contributed by atoms with Crippen molar-refractivity contribution < 1.29 is 9.53 Å². The van der Waals surface area contributed by atoms with E-state index in [2.05, 4.69) is 22.0 Å².